The van der Waals surface area contributed by atoms with Crippen molar-refractivity contribution in [2.45, 2.75) is 31.5 Å². The third-order valence-corrected chi connectivity index (χ3v) is 5.62. The lowest BCUT2D eigenvalue weighted by Gasteiger charge is -2.22. The van der Waals surface area contributed by atoms with Crippen LogP contribution in [0.15, 0.2) is 66.7 Å². The summed E-state index contributed by atoms with van der Waals surface area (Å²) in [6.45, 7) is 1.09. The van der Waals surface area contributed by atoms with Crippen molar-refractivity contribution in [3.8, 4) is 16.9 Å². The highest BCUT2D eigenvalue weighted by atomic mass is 35.5. The van der Waals surface area contributed by atoms with Gasteiger partial charge < -0.3 is 20.9 Å². The number of halogens is 4. The summed E-state index contributed by atoms with van der Waals surface area (Å²) in [5.41, 5.74) is 5.30. The van der Waals surface area contributed by atoms with E-state index in [9.17, 15) is 22.8 Å². The van der Waals surface area contributed by atoms with Crippen LogP contribution < -0.4 is 15.8 Å². The zero-order valence-electron chi connectivity index (χ0n) is 19.2. The summed E-state index contributed by atoms with van der Waals surface area (Å²) in [5, 5.41) is 10.7. The van der Waals surface area contributed by atoms with E-state index in [0.29, 0.717) is 12.5 Å². The van der Waals surface area contributed by atoms with Crippen LogP contribution >= 0.6 is 11.6 Å². The molecule has 0 saturated heterocycles. The molecular formula is C26H24ClF3N2O4. The van der Waals surface area contributed by atoms with Gasteiger partial charge in [0.15, 0.2) is 0 Å². The first kappa shape index (κ1) is 27.0. The number of ether oxygens (including phenoxy) is 1. The summed E-state index contributed by atoms with van der Waals surface area (Å²) in [6.07, 6.45) is -5.21. The quantitative estimate of drug-likeness (QED) is 0.332. The second-order valence-corrected chi connectivity index (χ2v) is 8.84. The molecule has 3 aromatic rings. The van der Waals surface area contributed by atoms with Crippen molar-refractivity contribution >= 4 is 29.2 Å². The fraction of sp³-hybridized carbons (Fsp3) is 0.231. The number of carbonyl (C=O) groups is 2. The molecule has 4 N–H and O–H groups in total. The van der Waals surface area contributed by atoms with E-state index in [2.05, 4.69) is 5.32 Å². The van der Waals surface area contributed by atoms with Crippen LogP contribution in [0.1, 0.15) is 24.5 Å². The Morgan fingerprint density at radius 2 is 1.64 bits per heavy atom. The van der Waals surface area contributed by atoms with Gasteiger partial charge in [0.05, 0.1) is 18.1 Å². The fourth-order valence-corrected chi connectivity index (χ4v) is 3.73. The maximum absolute atomic E-state index is 13.8. The normalized spacial score (nSPS) is 13.1. The van der Waals surface area contributed by atoms with Crippen LogP contribution in [-0.4, -0.2) is 29.1 Å². The molecule has 0 heterocycles. The zero-order chi connectivity index (χ0) is 26.5. The monoisotopic (exact) mass is 520 g/mol. The van der Waals surface area contributed by atoms with Gasteiger partial charge in [-0.15, -0.1) is 0 Å². The first-order chi connectivity index (χ1) is 16.9. The van der Waals surface area contributed by atoms with Crippen LogP contribution in [0.2, 0.25) is 5.02 Å². The Balaban J connectivity index is 1.73. The Labute approximate surface area is 210 Å². The summed E-state index contributed by atoms with van der Waals surface area (Å²) in [6, 6.07) is 19.1. The van der Waals surface area contributed by atoms with Crippen LogP contribution in [0, 0.1) is 0 Å². The standard InChI is InChI=1S/C26H24ClF3N2O4/c1-25(31,15-22(33)34)24(35)32-19-13-20(26(28,29)30)23(21(27)14-19)36-12-11-16-7-9-18(10-8-16)17-5-3-2-4-6-17/h2-10,13-14H,11-12,15,31H2,1H3,(H,32,35)(H,33,34)/t25-/m0/s1. The van der Waals surface area contributed by atoms with E-state index >= 15 is 0 Å². The predicted octanol–water partition coefficient (Wildman–Crippen LogP) is 5.78. The van der Waals surface area contributed by atoms with Gasteiger partial charge in [-0.2, -0.15) is 13.2 Å². The maximum Gasteiger partial charge on any atom is 0.420 e. The molecule has 6 nitrogen and oxygen atoms in total. The molecule has 0 unspecified atom stereocenters. The number of benzene rings is 3. The molecule has 3 aromatic carbocycles. The molecule has 3 rings (SSSR count). The van der Waals surface area contributed by atoms with Crippen LogP contribution in [0.3, 0.4) is 0 Å². The van der Waals surface area contributed by atoms with Crippen molar-refractivity contribution in [3.63, 3.8) is 0 Å². The van der Waals surface area contributed by atoms with E-state index in [-0.39, 0.29) is 17.3 Å². The van der Waals surface area contributed by atoms with Gasteiger partial charge in [-0.3, -0.25) is 9.59 Å². The van der Waals surface area contributed by atoms with E-state index in [0.717, 1.165) is 29.7 Å². The second-order valence-electron chi connectivity index (χ2n) is 8.44. The van der Waals surface area contributed by atoms with Crippen molar-refractivity contribution in [1.29, 1.82) is 0 Å². The average molecular weight is 521 g/mol. The Morgan fingerprint density at radius 1 is 1.03 bits per heavy atom. The van der Waals surface area contributed by atoms with Crippen LogP contribution in [0.5, 0.6) is 5.75 Å². The first-order valence-electron chi connectivity index (χ1n) is 10.9. The van der Waals surface area contributed by atoms with Crippen molar-refractivity contribution in [2.24, 2.45) is 5.73 Å². The molecular weight excluding hydrogens is 497 g/mol. The Morgan fingerprint density at radius 3 is 2.22 bits per heavy atom. The van der Waals surface area contributed by atoms with Gasteiger partial charge in [-0.25, -0.2) is 0 Å². The van der Waals surface area contributed by atoms with Crippen LogP contribution in [0.25, 0.3) is 11.1 Å². The van der Waals surface area contributed by atoms with E-state index in [1.54, 1.807) is 0 Å². The van der Waals surface area contributed by atoms with Crippen LogP contribution in [0.4, 0.5) is 18.9 Å². The van der Waals surface area contributed by atoms with Gasteiger partial charge >= 0.3 is 12.1 Å². The molecule has 0 aromatic heterocycles. The van der Waals surface area contributed by atoms with Gasteiger partial charge in [0, 0.05) is 12.1 Å². The van der Waals surface area contributed by atoms with E-state index in [4.69, 9.17) is 27.2 Å². The molecule has 0 spiro atoms. The molecule has 0 aliphatic heterocycles. The summed E-state index contributed by atoms with van der Waals surface area (Å²) in [7, 11) is 0. The molecule has 0 aliphatic carbocycles. The highest BCUT2D eigenvalue weighted by Crippen LogP contribution is 2.42. The molecule has 190 valence electrons. The number of amides is 1. The number of carboxylic acid groups (broad SMARTS) is 1. The number of rotatable bonds is 9. The number of alkyl halides is 3. The summed E-state index contributed by atoms with van der Waals surface area (Å²) < 4.78 is 46.7. The number of aliphatic carboxylic acids is 1. The highest BCUT2D eigenvalue weighted by Gasteiger charge is 2.37. The molecule has 1 atom stereocenters. The third kappa shape index (κ3) is 6.99. The average Bonchev–Trinajstić information content (AvgIpc) is 2.79. The van der Waals surface area contributed by atoms with Gasteiger partial charge in [-0.1, -0.05) is 66.2 Å². The van der Waals surface area contributed by atoms with Crippen molar-refractivity contribution < 1.29 is 32.6 Å². The topological polar surface area (TPSA) is 102 Å². The van der Waals surface area contributed by atoms with Gasteiger partial charge in [0.25, 0.3) is 0 Å². The van der Waals surface area contributed by atoms with Gasteiger partial charge in [0.1, 0.15) is 16.9 Å². The smallest absolute Gasteiger partial charge is 0.420 e. The second kappa shape index (κ2) is 11.0. The molecule has 1 amide bonds. The lowest BCUT2D eigenvalue weighted by Crippen LogP contribution is -2.50. The first-order valence-corrected chi connectivity index (χ1v) is 11.2. The molecule has 10 heteroatoms. The lowest BCUT2D eigenvalue weighted by atomic mass is 9.98. The highest BCUT2D eigenvalue weighted by molar-refractivity contribution is 6.32. The molecule has 0 bridgehead atoms. The SMILES string of the molecule is C[C@](N)(CC(=O)O)C(=O)Nc1cc(Cl)c(OCCc2ccc(-c3ccccc3)cc2)c(C(F)(F)F)c1. The summed E-state index contributed by atoms with van der Waals surface area (Å²) in [4.78, 5) is 23.2. The lowest BCUT2D eigenvalue weighted by molar-refractivity contribution is -0.140. The van der Waals surface area contributed by atoms with Crippen molar-refractivity contribution in [3.05, 3.63) is 82.9 Å². The van der Waals surface area contributed by atoms with Gasteiger partial charge in [-0.05, 0) is 35.7 Å². The summed E-state index contributed by atoms with van der Waals surface area (Å²) in [5.74, 6) is -2.87. The maximum atomic E-state index is 13.8. The van der Waals surface area contributed by atoms with Crippen molar-refractivity contribution in [1.82, 2.24) is 0 Å². The Hall–Kier alpha value is -3.56. The molecule has 0 aliphatic rings. The van der Waals surface area contributed by atoms with Crippen molar-refractivity contribution in [2.75, 3.05) is 11.9 Å². The summed E-state index contributed by atoms with van der Waals surface area (Å²) >= 11 is 6.09. The molecule has 0 radical (unpaired) electrons. The molecule has 0 saturated carbocycles. The largest absolute Gasteiger partial charge is 0.491 e. The van der Waals surface area contributed by atoms with Crippen LogP contribution in [-0.2, 0) is 22.2 Å². The number of anilines is 1. The number of carboxylic acids is 1. The minimum absolute atomic E-state index is 0.0708. The molecule has 0 fully saturated rings. The third-order valence-electron chi connectivity index (χ3n) is 5.34. The minimum Gasteiger partial charge on any atom is -0.491 e. The van der Waals surface area contributed by atoms with Gasteiger partial charge in [0.2, 0.25) is 5.91 Å². The minimum atomic E-state index is -4.83. The van der Waals surface area contributed by atoms with E-state index in [1.807, 2.05) is 54.6 Å². The number of carbonyl (C=O) groups excluding carboxylic acids is 1. The zero-order valence-corrected chi connectivity index (χ0v) is 20.0. The number of hydrogen-bond donors (Lipinski definition) is 3. The fourth-order valence-electron chi connectivity index (χ4n) is 3.46. The number of nitrogens with two attached hydrogens (primary N) is 1. The predicted molar refractivity (Wildman–Crippen MR) is 131 cm³/mol. The van der Waals surface area contributed by atoms with E-state index in [1.165, 1.54) is 0 Å². The van der Waals surface area contributed by atoms with E-state index < -0.39 is 41.3 Å². The Kier molecular flexibility index (Phi) is 8.27. The number of hydrogen-bond acceptors (Lipinski definition) is 4. The Bertz CT molecular complexity index is 1230. The number of nitrogens with one attached hydrogen (secondary N) is 1. The molecule has 36 heavy (non-hydrogen) atoms.